The number of hydrogen-bond acceptors (Lipinski definition) is 3. The summed E-state index contributed by atoms with van der Waals surface area (Å²) in [6.45, 7) is 1.93. The second-order valence-corrected chi connectivity index (χ2v) is 4.15. The van der Waals surface area contributed by atoms with Crippen LogP contribution < -0.4 is 0 Å². The van der Waals surface area contributed by atoms with Crippen molar-refractivity contribution in [1.82, 2.24) is 0 Å². The lowest BCUT2D eigenvalue weighted by atomic mass is 9.81. The van der Waals surface area contributed by atoms with Gasteiger partial charge in [0.2, 0.25) is 6.04 Å². The monoisotopic (exact) mass is 195 g/mol. The topological polar surface area (TPSA) is 60.2 Å². The molecule has 2 atom stereocenters. The van der Waals surface area contributed by atoms with Crippen LogP contribution >= 0.6 is 0 Å². The SMILES string of the molecule is CC1=C2C(=O)CCC2C([N+](=O)[O-])CC1. The van der Waals surface area contributed by atoms with Gasteiger partial charge in [-0.1, -0.05) is 5.57 Å². The van der Waals surface area contributed by atoms with E-state index in [-0.39, 0.29) is 16.6 Å². The highest BCUT2D eigenvalue weighted by atomic mass is 16.6. The minimum atomic E-state index is -0.514. The summed E-state index contributed by atoms with van der Waals surface area (Å²) in [4.78, 5) is 22.1. The number of rotatable bonds is 1. The predicted octanol–water partition coefficient (Wildman–Crippen LogP) is 1.72. The molecule has 2 aliphatic rings. The number of hydrogen-bond donors (Lipinski definition) is 0. The Hall–Kier alpha value is -1.19. The smallest absolute Gasteiger partial charge is 0.220 e. The molecule has 0 aromatic heterocycles. The molecule has 4 heteroatoms. The van der Waals surface area contributed by atoms with Gasteiger partial charge in [0.25, 0.3) is 0 Å². The van der Waals surface area contributed by atoms with Crippen LogP contribution in [0.5, 0.6) is 0 Å². The summed E-state index contributed by atoms with van der Waals surface area (Å²) >= 11 is 0. The minimum Gasteiger partial charge on any atom is -0.295 e. The summed E-state index contributed by atoms with van der Waals surface area (Å²) in [6, 6.07) is -0.514. The van der Waals surface area contributed by atoms with Gasteiger partial charge in [-0.15, -0.1) is 0 Å². The normalized spacial score (nSPS) is 31.9. The Balaban J connectivity index is 2.35. The van der Waals surface area contributed by atoms with E-state index >= 15 is 0 Å². The van der Waals surface area contributed by atoms with Crippen molar-refractivity contribution < 1.29 is 9.72 Å². The maximum absolute atomic E-state index is 11.5. The third-order valence-electron chi connectivity index (χ3n) is 3.36. The molecule has 0 spiro atoms. The van der Waals surface area contributed by atoms with Gasteiger partial charge in [-0.2, -0.15) is 0 Å². The van der Waals surface area contributed by atoms with Crippen LogP contribution in [0.4, 0.5) is 0 Å². The van der Waals surface area contributed by atoms with E-state index in [1.54, 1.807) is 0 Å². The molecule has 1 saturated carbocycles. The van der Waals surface area contributed by atoms with Gasteiger partial charge in [-0.25, -0.2) is 0 Å². The molecule has 0 amide bonds. The maximum Gasteiger partial charge on any atom is 0.220 e. The van der Waals surface area contributed by atoms with Crippen molar-refractivity contribution in [3.63, 3.8) is 0 Å². The summed E-state index contributed by atoms with van der Waals surface area (Å²) in [5.41, 5.74) is 1.86. The van der Waals surface area contributed by atoms with Crippen molar-refractivity contribution in [3.8, 4) is 0 Å². The zero-order valence-corrected chi connectivity index (χ0v) is 8.16. The van der Waals surface area contributed by atoms with Crippen molar-refractivity contribution in [3.05, 3.63) is 21.3 Å². The molecular weight excluding hydrogens is 182 g/mol. The molecule has 4 nitrogen and oxygen atoms in total. The molecule has 76 valence electrons. The Morgan fingerprint density at radius 3 is 2.71 bits per heavy atom. The number of carbonyl (C=O) groups is 1. The van der Waals surface area contributed by atoms with Gasteiger partial charge in [-0.05, 0) is 19.8 Å². The summed E-state index contributed by atoms with van der Waals surface area (Å²) in [5.74, 6) is 0.0466. The van der Waals surface area contributed by atoms with Gasteiger partial charge >= 0.3 is 0 Å². The molecule has 1 fully saturated rings. The summed E-state index contributed by atoms with van der Waals surface area (Å²) in [7, 11) is 0. The van der Waals surface area contributed by atoms with E-state index in [1.807, 2.05) is 6.92 Å². The fourth-order valence-corrected chi connectivity index (χ4v) is 2.66. The van der Waals surface area contributed by atoms with Gasteiger partial charge in [0, 0.05) is 23.3 Å². The third kappa shape index (κ3) is 1.25. The lowest BCUT2D eigenvalue weighted by Gasteiger charge is -2.23. The number of nitro groups is 1. The van der Waals surface area contributed by atoms with E-state index in [2.05, 4.69) is 0 Å². The number of ketones is 1. The zero-order valence-electron chi connectivity index (χ0n) is 8.16. The van der Waals surface area contributed by atoms with Crippen molar-refractivity contribution in [1.29, 1.82) is 0 Å². The van der Waals surface area contributed by atoms with Crippen LogP contribution in [0.1, 0.15) is 32.6 Å². The van der Waals surface area contributed by atoms with Crippen LogP contribution in [0.3, 0.4) is 0 Å². The third-order valence-corrected chi connectivity index (χ3v) is 3.36. The van der Waals surface area contributed by atoms with E-state index in [1.165, 1.54) is 0 Å². The first-order chi connectivity index (χ1) is 6.61. The van der Waals surface area contributed by atoms with Gasteiger partial charge in [0.15, 0.2) is 5.78 Å². The molecule has 0 aliphatic heterocycles. The first kappa shape index (κ1) is 9.37. The molecule has 0 saturated heterocycles. The largest absolute Gasteiger partial charge is 0.295 e. The van der Waals surface area contributed by atoms with Crippen molar-refractivity contribution in [2.45, 2.75) is 38.6 Å². The van der Waals surface area contributed by atoms with Gasteiger partial charge < -0.3 is 0 Å². The Kier molecular flexibility index (Phi) is 2.13. The molecule has 0 heterocycles. The Bertz CT molecular complexity index is 332. The first-order valence-corrected chi connectivity index (χ1v) is 4.97. The number of nitrogens with zero attached hydrogens (tertiary/aromatic N) is 1. The Morgan fingerprint density at radius 1 is 1.36 bits per heavy atom. The van der Waals surface area contributed by atoms with Crippen molar-refractivity contribution in [2.75, 3.05) is 0 Å². The van der Waals surface area contributed by atoms with Gasteiger partial charge in [0.05, 0.1) is 5.92 Å². The van der Waals surface area contributed by atoms with Gasteiger partial charge in [0.1, 0.15) is 0 Å². The minimum absolute atomic E-state index is 0.0914. The molecular formula is C10H13NO3. The number of carbonyl (C=O) groups excluding carboxylic acids is 1. The predicted molar refractivity (Wildman–Crippen MR) is 50.4 cm³/mol. The molecule has 0 N–H and O–H groups in total. The number of Topliss-reactive ketones (excluding diaryl/α,β-unsaturated/α-hetero) is 1. The van der Waals surface area contributed by atoms with Crippen molar-refractivity contribution >= 4 is 5.78 Å². The summed E-state index contributed by atoms with van der Waals surface area (Å²) in [6.07, 6.45) is 2.49. The fraction of sp³-hybridized carbons (Fsp3) is 0.700. The van der Waals surface area contributed by atoms with Crippen LogP contribution in [-0.4, -0.2) is 16.7 Å². The Labute approximate surface area is 82.1 Å². The number of allylic oxidation sites excluding steroid dienone is 1. The quantitative estimate of drug-likeness (QED) is 0.472. The van der Waals surface area contributed by atoms with Crippen LogP contribution in [0.25, 0.3) is 0 Å². The molecule has 14 heavy (non-hydrogen) atoms. The fourth-order valence-electron chi connectivity index (χ4n) is 2.66. The average Bonchev–Trinajstić information content (AvgIpc) is 2.49. The highest BCUT2D eigenvalue weighted by Crippen LogP contribution is 2.40. The lowest BCUT2D eigenvalue weighted by Crippen LogP contribution is -2.32. The van der Waals surface area contributed by atoms with Crippen LogP contribution in [-0.2, 0) is 4.79 Å². The second-order valence-electron chi connectivity index (χ2n) is 4.15. The van der Waals surface area contributed by atoms with Crippen LogP contribution in [0.2, 0.25) is 0 Å². The molecule has 0 aromatic rings. The summed E-state index contributed by atoms with van der Waals surface area (Å²) in [5, 5.41) is 10.8. The van der Waals surface area contributed by atoms with Crippen LogP contribution in [0, 0.1) is 16.0 Å². The second kappa shape index (κ2) is 3.19. The summed E-state index contributed by atoms with van der Waals surface area (Å²) < 4.78 is 0. The van der Waals surface area contributed by atoms with E-state index in [9.17, 15) is 14.9 Å². The van der Waals surface area contributed by atoms with E-state index in [0.29, 0.717) is 25.7 Å². The average molecular weight is 195 g/mol. The van der Waals surface area contributed by atoms with E-state index in [4.69, 9.17) is 0 Å². The Morgan fingerprint density at radius 2 is 2.07 bits per heavy atom. The van der Waals surface area contributed by atoms with E-state index < -0.39 is 6.04 Å². The molecule has 2 aliphatic carbocycles. The highest BCUT2D eigenvalue weighted by Gasteiger charge is 2.44. The molecule has 0 radical (unpaired) electrons. The molecule has 2 unspecified atom stereocenters. The zero-order chi connectivity index (χ0) is 10.3. The maximum atomic E-state index is 11.5. The molecule has 0 bridgehead atoms. The lowest BCUT2D eigenvalue weighted by molar-refractivity contribution is -0.531. The van der Waals surface area contributed by atoms with Crippen LogP contribution in [0.15, 0.2) is 11.1 Å². The number of fused-ring (bicyclic) bond motifs is 1. The van der Waals surface area contributed by atoms with Crippen molar-refractivity contribution in [2.24, 2.45) is 5.92 Å². The molecule has 0 aromatic carbocycles. The first-order valence-electron chi connectivity index (χ1n) is 4.97. The molecule has 2 rings (SSSR count). The van der Waals surface area contributed by atoms with E-state index in [0.717, 1.165) is 11.1 Å². The van der Waals surface area contributed by atoms with Gasteiger partial charge in [-0.3, -0.25) is 14.9 Å². The highest BCUT2D eigenvalue weighted by molar-refractivity contribution is 5.99. The standard InChI is InChI=1S/C10H13NO3/c1-6-2-4-8(11(13)14)7-3-5-9(12)10(6)7/h7-8H,2-5H2,1H3.